The van der Waals surface area contributed by atoms with Crippen molar-refractivity contribution >= 4 is 5.91 Å². The molecule has 100 valence electrons. The molecule has 0 aliphatic heterocycles. The number of likely N-dealkylation sites (N-methyl/N-ethyl adjacent to an activating group) is 1. The number of aryl methyl sites for hydroxylation is 1. The number of carbonyl (C=O) groups is 1. The highest BCUT2D eigenvalue weighted by Crippen LogP contribution is 2.12. The Kier molecular flexibility index (Phi) is 4.23. The summed E-state index contributed by atoms with van der Waals surface area (Å²) in [6.45, 7) is 2.46. The second kappa shape index (κ2) is 6.09. The Balaban J connectivity index is 1.84. The van der Waals surface area contributed by atoms with E-state index >= 15 is 0 Å². The van der Waals surface area contributed by atoms with Crippen LogP contribution < -0.4 is 4.74 Å². The quantitative estimate of drug-likeness (QED) is 0.829. The molecule has 0 N–H and O–H groups in total. The van der Waals surface area contributed by atoms with Crippen LogP contribution in [0.25, 0.3) is 0 Å². The molecule has 0 bridgehead atoms. The summed E-state index contributed by atoms with van der Waals surface area (Å²) >= 11 is 0. The van der Waals surface area contributed by atoms with Crippen molar-refractivity contribution in [2.24, 2.45) is 0 Å². The van der Waals surface area contributed by atoms with Gasteiger partial charge in [0.1, 0.15) is 11.5 Å². The topological polar surface area (TPSA) is 42.7 Å². The summed E-state index contributed by atoms with van der Waals surface area (Å²) in [7, 11) is 1.73. The van der Waals surface area contributed by atoms with E-state index in [-0.39, 0.29) is 12.5 Å². The van der Waals surface area contributed by atoms with Crippen LogP contribution in [0.1, 0.15) is 11.3 Å². The second-order valence-electron chi connectivity index (χ2n) is 4.43. The first-order valence-corrected chi connectivity index (χ1v) is 6.11. The average Bonchev–Trinajstić information content (AvgIpc) is 2.89. The number of ether oxygens (including phenoxy) is 1. The standard InChI is InChI=1S/C15H17NO3/c1-12-5-3-6-13(9-12)19-11-15(17)16(2)10-14-7-4-8-18-14/h3-9H,10-11H2,1-2H3. The molecule has 0 aliphatic carbocycles. The molecule has 0 radical (unpaired) electrons. The molecule has 0 fully saturated rings. The highest BCUT2D eigenvalue weighted by atomic mass is 16.5. The van der Waals surface area contributed by atoms with Crippen LogP contribution in [0.3, 0.4) is 0 Å². The van der Waals surface area contributed by atoms with Crippen LogP contribution in [0.5, 0.6) is 5.75 Å². The van der Waals surface area contributed by atoms with E-state index in [0.717, 1.165) is 11.3 Å². The normalized spacial score (nSPS) is 10.2. The molecule has 1 aromatic heterocycles. The summed E-state index contributed by atoms with van der Waals surface area (Å²) in [5.41, 5.74) is 1.11. The molecular formula is C15H17NO3. The fraction of sp³-hybridized carbons (Fsp3) is 0.267. The highest BCUT2D eigenvalue weighted by molar-refractivity contribution is 5.77. The maximum absolute atomic E-state index is 11.9. The van der Waals surface area contributed by atoms with Gasteiger partial charge in [0.05, 0.1) is 12.8 Å². The van der Waals surface area contributed by atoms with Gasteiger partial charge in [0.15, 0.2) is 6.61 Å². The largest absolute Gasteiger partial charge is 0.484 e. The molecule has 0 unspecified atom stereocenters. The van der Waals surface area contributed by atoms with Gasteiger partial charge in [0.2, 0.25) is 0 Å². The summed E-state index contributed by atoms with van der Waals surface area (Å²) in [6.07, 6.45) is 1.59. The number of nitrogens with zero attached hydrogens (tertiary/aromatic N) is 1. The molecule has 0 saturated carbocycles. The smallest absolute Gasteiger partial charge is 0.260 e. The predicted molar refractivity (Wildman–Crippen MR) is 71.9 cm³/mol. The predicted octanol–water partition coefficient (Wildman–Crippen LogP) is 2.63. The molecule has 1 aromatic carbocycles. The number of carbonyl (C=O) groups excluding carboxylic acids is 1. The molecular weight excluding hydrogens is 242 g/mol. The summed E-state index contributed by atoms with van der Waals surface area (Å²) in [4.78, 5) is 13.5. The van der Waals surface area contributed by atoms with Crippen molar-refractivity contribution in [2.75, 3.05) is 13.7 Å². The van der Waals surface area contributed by atoms with Crippen LogP contribution in [-0.4, -0.2) is 24.5 Å². The third kappa shape index (κ3) is 3.88. The number of rotatable bonds is 5. The maximum atomic E-state index is 11.9. The molecule has 19 heavy (non-hydrogen) atoms. The van der Waals surface area contributed by atoms with Crippen molar-refractivity contribution in [1.82, 2.24) is 4.90 Å². The van der Waals surface area contributed by atoms with Crippen molar-refractivity contribution in [3.8, 4) is 5.75 Å². The lowest BCUT2D eigenvalue weighted by Gasteiger charge is -2.16. The minimum Gasteiger partial charge on any atom is -0.484 e. The van der Waals surface area contributed by atoms with Gasteiger partial charge >= 0.3 is 0 Å². The van der Waals surface area contributed by atoms with Gasteiger partial charge in [0.25, 0.3) is 5.91 Å². The number of hydrogen-bond donors (Lipinski definition) is 0. The summed E-state index contributed by atoms with van der Waals surface area (Å²) in [5.74, 6) is 1.38. The number of furan rings is 1. The Morgan fingerprint density at radius 1 is 1.32 bits per heavy atom. The van der Waals surface area contributed by atoms with Gasteiger partial charge in [-0.2, -0.15) is 0 Å². The fourth-order valence-corrected chi connectivity index (χ4v) is 1.68. The van der Waals surface area contributed by atoms with Gasteiger partial charge in [-0.15, -0.1) is 0 Å². The second-order valence-corrected chi connectivity index (χ2v) is 4.43. The van der Waals surface area contributed by atoms with Crippen LogP contribution in [0.15, 0.2) is 47.1 Å². The zero-order chi connectivity index (χ0) is 13.7. The molecule has 1 amide bonds. The minimum absolute atomic E-state index is 0.0284. The highest BCUT2D eigenvalue weighted by Gasteiger charge is 2.11. The van der Waals surface area contributed by atoms with Crippen LogP contribution in [-0.2, 0) is 11.3 Å². The van der Waals surface area contributed by atoms with E-state index in [4.69, 9.17) is 9.15 Å². The Labute approximate surface area is 112 Å². The molecule has 4 heteroatoms. The lowest BCUT2D eigenvalue weighted by molar-refractivity contribution is -0.132. The molecule has 0 atom stereocenters. The SMILES string of the molecule is Cc1cccc(OCC(=O)N(C)Cc2ccco2)c1. The van der Waals surface area contributed by atoms with E-state index in [1.54, 1.807) is 24.3 Å². The fourth-order valence-electron chi connectivity index (χ4n) is 1.68. The molecule has 0 saturated heterocycles. The summed E-state index contributed by atoms with van der Waals surface area (Å²) < 4.78 is 10.7. The lowest BCUT2D eigenvalue weighted by atomic mass is 10.2. The number of amides is 1. The van der Waals surface area contributed by atoms with Gasteiger partial charge in [-0.1, -0.05) is 12.1 Å². The summed E-state index contributed by atoms with van der Waals surface area (Å²) in [5, 5.41) is 0. The monoisotopic (exact) mass is 259 g/mol. The van der Waals surface area contributed by atoms with Gasteiger partial charge in [-0.05, 0) is 36.8 Å². The molecule has 2 aromatic rings. The Bertz CT molecular complexity index is 534. The molecule has 0 spiro atoms. The van der Waals surface area contributed by atoms with Crippen molar-refractivity contribution < 1.29 is 13.9 Å². The molecule has 1 heterocycles. The molecule has 0 aliphatic rings. The third-order valence-electron chi connectivity index (χ3n) is 2.75. The first-order chi connectivity index (χ1) is 9.15. The van der Waals surface area contributed by atoms with Gasteiger partial charge in [-0.3, -0.25) is 4.79 Å². The van der Waals surface area contributed by atoms with Crippen LogP contribution in [0.4, 0.5) is 0 Å². The van der Waals surface area contributed by atoms with E-state index < -0.39 is 0 Å². The van der Waals surface area contributed by atoms with Crippen molar-refractivity contribution in [3.05, 3.63) is 54.0 Å². The Morgan fingerprint density at radius 3 is 2.84 bits per heavy atom. The minimum atomic E-state index is -0.0853. The van der Waals surface area contributed by atoms with Crippen LogP contribution >= 0.6 is 0 Å². The zero-order valence-electron chi connectivity index (χ0n) is 11.1. The van der Waals surface area contributed by atoms with E-state index in [1.165, 1.54) is 0 Å². The van der Waals surface area contributed by atoms with Gasteiger partial charge < -0.3 is 14.1 Å². The van der Waals surface area contributed by atoms with E-state index in [9.17, 15) is 4.79 Å². The first kappa shape index (κ1) is 13.2. The van der Waals surface area contributed by atoms with Crippen molar-refractivity contribution in [3.63, 3.8) is 0 Å². The van der Waals surface area contributed by atoms with Gasteiger partial charge in [-0.25, -0.2) is 0 Å². The van der Waals surface area contributed by atoms with Crippen molar-refractivity contribution in [2.45, 2.75) is 13.5 Å². The number of hydrogen-bond acceptors (Lipinski definition) is 3. The Hall–Kier alpha value is -2.23. The first-order valence-electron chi connectivity index (χ1n) is 6.11. The van der Waals surface area contributed by atoms with Crippen molar-refractivity contribution in [1.29, 1.82) is 0 Å². The van der Waals surface area contributed by atoms with E-state index in [2.05, 4.69) is 0 Å². The zero-order valence-corrected chi connectivity index (χ0v) is 11.1. The molecule has 4 nitrogen and oxygen atoms in total. The van der Waals surface area contributed by atoms with Gasteiger partial charge in [0, 0.05) is 7.05 Å². The number of benzene rings is 1. The average molecular weight is 259 g/mol. The lowest BCUT2D eigenvalue weighted by Crippen LogP contribution is -2.30. The van der Waals surface area contributed by atoms with Crippen LogP contribution in [0, 0.1) is 6.92 Å². The Morgan fingerprint density at radius 2 is 2.16 bits per heavy atom. The maximum Gasteiger partial charge on any atom is 0.260 e. The van der Waals surface area contributed by atoms with E-state index in [0.29, 0.717) is 12.3 Å². The third-order valence-corrected chi connectivity index (χ3v) is 2.75. The summed E-state index contributed by atoms with van der Waals surface area (Å²) in [6, 6.07) is 11.3. The van der Waals surface area contributed by atoms with E-state index in [1.807, 2.05) is 37.3 Å². The van der Waals surface area contributed by atoms with Crippen LogP contribution in [0.2, 0.25) is 0 Å². The molecule has 2 rings (SSSR count).